The van der Waals surface area contributed by atoms with Crippen LogP contribution in [0.3, 0.4) is 0 Å². The Kier molecular flexibility index (Phi) is 6.04. The number of hydrogen-bond acceptors (Lipinski definition) is 4. The molecule has 7 heteroatoms. The molecule has 1 rings (SSSR count). The van der Waals surface area contributed by atoms with Gasteiger partial charge < -0.3 is 14.5 Å². The van der Waals surface area contributed by atoms with Crippen molar-refractivity contribution >= 4 is 28.6 Å². The van der Waals surface area contributed by atoms with Gasteiger partial charge in [0.15, 0.2) is 0 Å². The summed E-state index contributed by atoms with van der Waals surface area (Å²) in [6, 6.07) is 2.79. The molecule has 0 aliphatic carbocycles. The van der Waals surface area contributed by atoms with Crippen molar-refractivity contribution in [2.75, 3.05) is 5.73 Å². The number of hydrogen-bond donors (Lipinski definition) is 1. The molecule has 0 aromatic heterocycles. The first-order valence-corrected chi connectivity index (χ1v) is 4.71. The van der Waals surface area contributed by atoms with Crippen molar-refractivity contribution in [1.29, 1.82) is 0 Å². The van der Waals surface area contributed by atoms with Gasteiger partial charge in [0.2, 0.25) is 0 Å². The van der Waals surface area contributed by atoms with E-state index in [9.17, 15) is 8.76 Å². The third kappa shape index (κ3) is 3.76. The van der Waals surface area contributed by atoms with Gasteiger partial charge in [-0.3, -0.25) is 0 Å². The van der Waals surface area contributed by atoms with E-state index in [1.165, 1.54) is 12.1 Å². The fraction of sp³-hybridized carbons (Fsp3) is 0.143. The summed E-state index contributed by atoms with van der Waals surface area (Å²) < 4.78 is 24.7. The zero-order valence-corrected chi connectivity index (χ0v) is 11.3. The molecule has 2 N–H and O–H groups in total. The van der Waals surface area contributed by atoms with E-state index in [1.54, 1.807) is 6.92 Å². The third-order valence-electron chi connectivity index (χ3n) is 1.52. The molecule has 0 bridgehead atoms. The SMILES string of the molecule is Cc1c(N)cc(OS(=O)[O-])cc1Cl.[Na+]. The van der Waals surface area contributed by atoms with Crippen molar-refractivity contribution in [1.82, 2.24) is 0 Å². The van der Waals surface area contributed by atoms with E-state index in [-0.39, 0.29) is 35.3 Å². The molecule has 1 aromatic carbocycles. The second-order valence-corrected chi connectivity index (χ2v) is 3.39. The molecule has 72 valence electrons. The van der Waals surface area contributed by atoms with E-state index in [0.717, 1.165) is 0 Å². The van der Waals surface area contributed by atoms with Gasteiger partial charge in [0, 0.05) is 22.8 Å². The monoisotopic (exact) mass is 243 g/mol. The molecule has 0 saturated carbocycles. The second-order valence-electron chi connectivity index (χ2n) is 2.41. The van der Waals surface area contributed by atoms with Gasteiger partial charge in [-0.2, -0.15) is 0 Å². The van der Waals surface area contributed by atoms with Gasteiger partial charge in [0.05, 0.1) is 0 Å². The second kappa shape index (κ2) is 5.95. The topological polar surface area (TPSA) is 75.4 Å². The van der Waals surface area contributed by atoms with Crippen LogP contribution in [-0.4, -0.2) is 8.76 Å². The average molecular weight is 244 g/mol. The molecular formula is C7H7ClNNaO3S. The molecule has 1 aromatic rings. The Labute approximate surface area is 112 Å². The number of rotatable bonds is 2. The minimum Gasteiger partial charge on any atom is -0.740 e. The minimum atomic E-state index is -2.60. The maximum absolute atomic E-state index is 10.2. The smallest absolute Gasteiger partial charge is 0.740 e. The maximum Gasteiger partial charge on any atom is 1.00 e. The molecule has 14 heavy (non-hydrogen) atoms. The number of benzene rings is 1. The molecule has 0 amide bonds. The van der Waals surface area contributed by atoms with Gasteiger partial charge in [-0.15, -0.1) is 0 Å². The number of nitrogen functional groups attached to an aromatic ring is 1. The van der Waals surface area contributed by atoms with E-state index in [4.69, 9.17) is 17.3 Å². The van der Waals surface area contributed by atoms with Crippen molar-refractivity contribution in [3.63, 3.8) is 0 Å². The Morgan fingerprint density at radius 3 is 2.57 bits per heavy atom. The van der Waals surface area contributed by atoms with Crippen LogP contribution in [0.1, 0.15) is 5.56 Å². The molecule has 0 radical (unpaired) electrons. The molecular weight excluding hydrogens is 237 g/mol. The van der Waals surface area contributed by atoms with Crippen molar-refractivity contribution in [2.45, 2.75) is 6.92 Å². The summed E-state index contributed by atoms with van der Waals surface area (Å²) >= 11 is 3.14. The number of anilines is 1. The van der Waals surface area contributed by atoms with Crippen LogP contribution in [0.2, 0.25) is 5.02 Å². The van der Waals surface area contributed by atoms with Crippen LogP contribution >= 0.6 is 11.6 Å². The van der Waals surface area contributed by atoms with Gasteiger partial charge in [0.25, 0.3) is 0 Å². The zero-order chi connectivity index (χ0) is 10.0. The van der Waals surface area contributed by atoms with Crippen molar-refractivity contribution in [3.05, 3.63) is 22.7 Å². The van der Waals surface area contributed by atoms with E-state index in [2.05, 4.69) is 4.18 Å². The predicted molar refractivity (Wildman–Crippen MR) is 50.1 cm³/mol. The van der Waals surface area contributed by atoms with Gasteiger partial charge in [-0.1, -0.05) is 11.6 Å². The van der Waals surface area contributed by atoms with Crippen molar-refractivity contribution in [2.24, 2.45) is 0 Å². The summed E-state index contributed by atoms with van der Waals surface area (Å²) in [4.78, 5) is 0. The van der Waals surface area contributed by atoms with Crippen LogP contribution in [0.25, 0.3) is 0 Å². The van der Waals surface area contributed by atoms with E-state index >= 15 is 0 Å². The Balaban J connectivity index is 0.00000169. The quantitative estimate of drug-likeness (QED) is 0.386. The van der Waals surface area contributed by atoms with Gasteiger partial charge in [-0.25, -0.2) is 4.21 Å². The first-order valence-electron chi connectivity index (χ1n) is 3.34. The Morgan fingerprint density at radius 2 is 2.14 bits per heavy atom. The van der Waals surface area contributed by atoms with E-state index < -0.39 is 11.4 Å². The van der Waals surface area contributed by atoms with Crippen LogP contribution in [0, 0.1) is 6.92 Å². The molecule has 0 heterocycles. The maximum atomic E-state index is 10.2. The summed E-state index contributed by atoms with van der Waals surface area (Å²) in [6.07, 6.45) is 0. The largest absolute Gasteiger partial charge is 1.00 e. The first-order chi connectivity index (χ1) is 6.00. The summed E-state index contributed by atoms with van der Waals surface area (Å²) in [7, 11) is 0. The summed E-state index contributed by atoms with van der Waals surface area (Å²) in [5.41, 5.74) is 6.63. The van der Waals surface area contributed by atoms with Gasteiger partial charge >= 0.3 is 29.6 Å². The Morgan fingerprint density at radius 1 is 1.57 bits per heavy atom. The van der Waals surface area contributed by atoms with E-state index in [0.29, 0.717) is 16.3 Å². The fourth-order valence-electron chi connectivity index (χ4n) is 0.801. The van der Waals surface area contributed by atoms with Crippen LogP contribution in [-0.2, 0) is 11.4 Å². The van der Waals surface area contributed by atoms with Gasteiger partial charge in [-0.05, 0) is 12.5 Å². The summed E-state index contributed by atoms with van der Waals surface area (Å²) in [6.45, 7) is 1.73. The first kappa shape index (κ1) is 14.2. The average Bonchev–Trinajstić information content (AvgIpc) is 1.98. The number of nitrogens with two attached hydrogens (primary N) is 1. The summed E-state index contributed by atoms with van der Waals surface area (Å²) in [5.74, 6) is 0.112. The number of halogens is 1. The molecule has 1 atom stereocenters. The standard InChI is InChI=1S/C7H8ClNO3S.Na/c1-4-6(8)2-5(3-7(4)9)12-13(10)11;/h2-3H,9H2,1H3,(H,10,11);/q;+1/p-1. The fourth-order valence-corrected chi connectivity index (χ4v) is 1.27. The van der Waals surface area contributed by atoms with Crippen molar-refractivity contribution < 1.29 is 42.5 Å². The van der Waals surface area contributed by atoms with Gasteiger partial charge in [0.1, 0.15) is 17.1 Å². The van der Waals surface area contributed by atoms with Crippen LogP contribution in [0.5, 0.6) is 5.75 Å². The molecule has 0 fully saturated rings. The molecule has 1 unspecified atom stereocenters. The molecule has 0 aliphatic rings. The third-order valence-corrected chi connectivity index (χ3v) is 2.24. The van der Waals surface area contributed by atoms with Crippen LogP contribution in [0.4, 0.5) is 5.69 Å². The predicted octanol–water partition coefficient (Wildman–Crippen LogP) is -1.59. The Hall–Kier alpha value is 0.220. The van der Waals surface area contributed by atoms with Crippen LogP contribution in [0.15, 0.2) is 12.1 Å². The van der Waals surface area contributed by atoms with Crippen LogP contribution < -0.4 is 39.5 Å². The van der Waals surface area contributed by atoms with E-state index in [1.807, 2.05) is 0 Å². The minimum absolute atomic E-state index is 0. The Bertz CT molecular complexity index is 338. The zero-order valence-electron chi connectivity index (χ0n) is 7.74. The normalized spacial score (nSPS) is 11.6. The molecule has 0 aliphatic heterocycles. The molecule has 0 saturated heterocycles. The molecule has 0 spiro atoms. The summed E-state index contributed by atoms with van der Waals surface area (Å²) in [5, 5.41) is 0.375. The van der Waals surface area contributed by atoms with Crippen molar-refractivity contribution in [3.8, 4) is 5.75 Å². The molecule has 4 nitrogen and oxygen atoms in total.